The summed E-state index contributed by atoms with van der Waals surface area (Å²) in [6.07, 6.45) is 1.33. The van der Waals surface area contributed by atoms with Crippen molar-refractivity contribution in [3.05, 3.63) is 35.9 Å². The van der Waals surface area contributed by atoms with Crippen molar-refractivity contribution in [2.75, 3.05) is 6.54 Å². The number of nitrogens with zero attached hydrogens (tertiary/aromatic N) is 1. The minimum absolute atomic E-state index is 0.155. The fourth-order valence-corrected chi connectivity index (χ4v) is 2.26. The Kier molecular flexibility index (Phi) is 4.09. The van der Waals surface area contributed by atoms with Gasteiger partial charge in [-0.2, -0.15) is 0 Å². The molecule has 4 heteroatoms. The second-order valence-electron chi connectivity index (χ2n) is 5.07. The largest absolute Gasteiger partial charge is 0.325 e. The van der Waals surface area contributed by atoms with Crippen LogP contribution in [0.15, 0.2) is 30.3 Å². The van der Waals surface area contributed by atoms with Crippen LogP contribution >= 0.6 is 0 Å². The van der Waals surface area contributed by atoms with E-state index in [2.05, 4.69) is 17.2 Å². The molecular formula is C16H18N2O2. The highest BCUT2D eigenvalue weighted by atomic mass is 16.2. The van der Waals surface area contributed by atoms with Crippen molar-refractivity contribution in [2.24, 2.45) is 0 Å². The maximum absolute atomic E-state index is 12.3. The van der Waals surface area contributed by atoms with Gasteiger partial charge >= 0.3 is 6.03 Å². The Hall–Kier alpha value is -2.28. The van der Waals surface area contributed by atoms with Gasteiger partial charge in [0.2, 0.25) is 0 Å². The van der Waals surface area contributed by atoms with Crippen LogP contribution in [0.5, 0.6) is 0 Å². The number of hydrogen-bond donors (Lipinski definition) is 1. The van der Waals surface area contributed by atoms with E-state index in [9.17, 15) is 9.59 Å². The van der Waals surface area contributed by atoms with E-state index in [-0.39, 0.29) is 18.5 Å². The summed E-state index contributed by atoms with van der Waals surface area (Å²) in [7, 11) is 0. The van der Waals surface area contributed by atoms with Crippen LogP contribution in [0.4, 0.5) is 4.79 Å². The minimum Gasteiger partial charge on any atom is -0.323 e. The Morgan fingerprint density at radius 2 is 1.95 bits per heavy atom. The average Bonchev–Trinajstić information content (AvgIpc) is 2.67. The summed E-state index contributed by atoms with van der Waals surface area (Å²) in [4.78, 5) is 25.4. The van der Waals surface area contributed by atoms with Crippen molar-refractivity contribution in [1.82, 2.24) is 10.2 Å². The smallest absolute Gasteiger partial charge is 0.323 e. The van der Waals surface area contributed by atoms with Gasteiger partial charge in [0, 0.05) is 0 Å². The van der Waals surface area contributed by atoms with E-state index in [4.69, 9.17) is 0 Å². The fraction of sp³-hybridized carbons (Fsp3) is 0.375. The van der Waals surface area contributed by atoms with E-state index in [1.807, 2.05) is 30.3 Å². The van der Waals surface area contributed by atoms with Gasteiger partial charge in [-0.3, -0.25) is 9.69 Å². The van der Waals surface area contributed by atoms with Gasteiger partial charge in [0.25, 0.3) is 5.91 Å². The zero-order valence-corrected chi connectivity index (χ0v) is 11.8. The number of imide groups is 1. The molecular weight excluding hydrogens is 252 g/mol. The molecule has 1 saturated heterocycles. The molecule has 1 aliphatic rings. The first kappa shape index (κ1) is 14.1. The Balaban J connectivity index is 2.05. The van der Waals surface area contributed by atoms with Gasteiger partial charge in [-0.25, -0.2) is 4.79 Å². The van der Waals surface area contributed by atoms with Crippen LogP contribution in [0.3, 0.4) is 0 Å². The van der Waals surface area contributed by atoms with Crippen LogP contribution in [0.25, 0.3) is 0 Å². The van der Waals surface area contributed by atoms with Crippen LogP contribution < -0.4 is 5.32 Å². The molecule has 1 atom stereocenters. The predicted octanol–water partition coefficient (Wildman–Crippen LogP) is 1.95. The number of carbonyl (C=O) groups is 2. The molecule has 1 N–H and O–H groups in total. The topological polar surface area (TPSA) is 49.4 Å². The number of rotatable bonds is 4. The molecule has 0 saturated carbocycles. The van der Waals surface area contributed by atoms with E-state index in [1.54, 1.807) is 13.8 Å². The summed E-state index contributed by atoms with van der Waals surface area (Å²) in [6.45, 7) is 3.62. The zero-order valence-electron chi connectivity index (χ0n) is 11.8. The number of carbonyl (C=O) groups excluding carboxylic acids is 2. The second-order valence-corrected chi connectivity index (χ2v) is 5.07. The standard InChI is InChI=1S/C16H18N2O2/c1-3-4-12-18-14(19)16(2,17-15(18)20)11-10-13-8-6-5-7-9-13/h5-9H,10-12H2,1-2H3,(H,17,20)/t16-/m0/s1. The van der Waals surface area contributed by atoms with Crippen molar-refractivity contribution in [1.29, 1.82) is 0 Å². The third kappa shape index (κ3) is 2.83. The van der Waals surface area contributed by atoms with Crippen LogP contribution in [-0.2, 0) is 11.2 Å². The first-order valence-corrected chi connectivity index (χ1v) is 6.64. The molecule has 1 aromatic carbocycles. The lowest BCUT2D eigenvalue weighted by molar-refractivity contribution is -0.130. The van der Waals surface area contributed by atoms with Crippen LogP contribution in [-0.4, -0.2) is 28.9 Å². The lowest BCUT2D eigenvalue weighted by Gasteiger charge is -2.21. The molecule has 0 bridgehead atoms. The quantitative estimate of drug-likeness (QED) is 0.671. The van der Waals surface area contributed by atoms with E-state index < -0.39 is 5.54 Å². The van der Waals surface area contributed by atoms with E-state index in [0.717, 1.165) is 12.0 Å². The molecule has 0 aliphatic carbocycles. The highest BCUT2D eigenvalue weighted by molar-refractivity contribution is 6.07. The molecule has 1 aliphatic heterocycles. The molecule has 4 nitrogen and oxygen atoms in total. The summed E-state index contributed by atoms with van der Waals surface area (Å²) in [5, 5.41) is 2.78. The van der Waals surface area contributed by atoms with Crippen molar-refractivity contribution in [2.45, 2.75) is 32.2 Å². The van der Waals surface area contributed by atoms with Gasteiger partial charge in [0.1, 0.15) is 5.54 Å². The summed E-state index contributed by atoms with van der Waals surface area (Å²) in [5.41, 5.74) is 0.324. The van der Waals surface area contributed by atoms with Crippen LogP contribution in [0, 0.1) is 11.8 Å². The summed E-state index contributed by atoms with van der Waals surface area (Å²) in [5.74, 6) is 5.26. The molecule has 3 amide bonds. The van der Waals surface area contributed by atoms with Crippen LogP contribution in [0.2, 0.25) is 0 Å². The van der Waals surface area contributed by atoms with E-state index >= 15 is 0 Å². The summed E-state index contributed by atoms with van der Waals surface area (Å²) >= 11 is 0. The van der Waals surface area contributed by atoms with Gasteiger partial charge in [-0.05, 0) is 32.3 Å². The second kappa shape index (κ2) is 5.79. The van der Waals surface area contributed by atoms with Gasteiger partial charge in [0.15, 0.2) is 0 Å². The molecule has 1 aromatic rings. The lowest BCUT2D eigenvalue weighted by atomic mass is 9.93. The highest BCUT2D eigenvalue weighted by Crippen LogP contribution is 2.22. The number of amides is 3. The number of nitrogens with one attached hydrogen (secondary N) is 1. The first-order valence-electron chi connectivity index (χ1n) is 6.64. The summed E-state index contributed by atoms with van der Waals surface area (Å²) < 4.78 is 0. The average molecular weight is 270 g/mol. The van der Waals surface area contributed by atoms with Crippen molar-refractivity contribution in [3.8, 4) is 11.8 Å². The maximum atomic E-state index is 12.3. The zero-order chi connectivity index (χ0) is 14.6. The third-order valence-electron chi connectivity index (χ3n) is 3.52. The van der Waals surface area contributed by atoms with Crippen molar-refractivity contribution in [3.63, 3.8) is 0 Å². The molecule has 0 aromatic heterocycles. The van der Waals surface area contributed by atoms with Gasteiger partial charge < -0.3 is 5.32 Å². The number of benzene rings is 1. The Morgan fingerprint density at radius 1 is 1.25 bits per heavy atom. The molecule has 0 spiro atoms. The third-order valence-corrected chi connectivity index (χ3v) is 3.52. The number of hydrogen-bond acceptors (Lipinski definition) is 2. The molecule has 104 valence electrons. The fourth-order valence-electron chi connectivity index (χ4n) is 2.26. The van der Waals surface area contributed by atoms with Gasteiger partial charge in [0.05, 0.1) is 6.54 Å². The monoisotopic (exact) mass is 270 g/mol. The van der Waals surface area contributed by atoms with E-state index in [1.165, 1.54) is 4.90 Å². The minimum atomic E-state index is -0.831. The highest BCUT2D eigenvalue weighted by Gasteiger charge is 2.46. The van der Waals surface area contributed by atoms with Gasteiger partial charge in [-0.1, -0.05) is 36.3 Å². The Labute approximate surface area is 119 Å². The van der Waals surface area contributed by atoms with Crippen molar-refractivity contribution < 1.29 is 9.59 Å². The summed E-state index contributed by atoms with van der Waals surface area (Å²) in [6, 6.07) is 9.58. The number of urea groups is 1. The van der Waals surface area contributed by atoms with Crippen LogP contribution in [0.1, 0.15) is 25.8 Å². The molecule has 0 radical (unpaired) electrons. The molecule has 2 rings (SSSR count). The number of aryl methyl sites for hydroxylation is 1. The SMILES string of the molecule is CC#CCN1C(=O)N[C@@](C)(CCc2ccccc2)C1=O. The van der Waals surface area contributed by atoms with E-state index in [0.29, 0.717) is 6.42 Å². The first-order chi connectivity index (χ1) is 9.57. The molecule has 0 unspecified atom stereocenters. The molecule has 1 fully saturated rings. The lowest BCUT2D eigenvalue weighted by Crippen LogP contribution is -2.44. The van der Waals surface area contributed by atoms with Gasteiger partial charge in [-0.15, -0.1) is 5.92 Å². The Morgan fingerprint density at radius 3 is 2.60 bits per heavy atom. The van der Waals surface area contributed by atoms with Crippen molar-refractivity contribution >= 4 is 11.9 Å². The maximum Gasteiger partial charge on any atom is 0.325 e. The normalized spacial score (nSPS) is 21.4. The Bertz CT molecular complexity index is 571. The predicted molar refractivity (Wildman–Crippen MR) is 76.9 cm³/mol. The molecule has 1 heterocycles. The molecule has 20 heavy (non-hydrogen) atoms.